The molecule has 38 heavy (non-hydrogen) atoms. The third kappa shape index (κ3) is 5.52. The van der Waals surface area contributed by atoms with Crippen LogP contribution in [0.5, 0.6) is 0 Å². The average molecular weight is 509 g/mol. The van der Waals surface area contributed by atoms with E-state index in [4.69, 9.17) is 15.0 Å². The SMILES string of the molecule is CCCc1nc2c(C)cc(N=C(NC#N)N(C)C)cc2n1Cc1ccc(-c2ccccc2C(=O)OC)cc1. The number of carbonyl (C=O) groups excluding carboxylic acids is 1. The summed E-state index contributed by atoms with van der Waals surface area (Å²) in [4.78, 5) is 23.7. The van der Waals surface area contributed by atoms with E-state index >= 15 is 0 Å². The van der Waals surface area contributed by atoms with Crippen molar-refractivity contribution >= 4 is 28.6 Å². The van der Waals surface area contributed by atoms with Crippen LogP contribution in [0.15, 0.2) is 65.7 Å². The predicted octanol–water partition coefficient (Wildman–Crippen LogP) is 5.42. The van der Waals surface area contributed by atoms with Gasteiger partial charge in [0.25, 0.3) is 0 Å². The van der Waals surface area contributed by atoms with E-state index in [1.807, 2.05) is 69.7 Å². The zero-order valence-corrected chi connectivity index (χ0v) is 22.4. The summed E-state index contributed by atoms with van der Waals surface area (Å²) in [6, 6.07) is 19.7. The Labute approximate surface area is 223 Å². The maximum absolute atomic E-state index is 12.2. The maximum Gasteiger partial charge on any atom is 0.338 e. The number of rotatable bonds is 7. The number of hydrogen-bond donors (Lipinski definition) is 1. The molecule has 1 aromatic heterocycles. The van der Waals surface area contributed by atoms with Crippen molar-refractivity contribution in [2.24, 2.45) is 4.99 Å². The van der Waals surface area contributed by atoms with Crippen LogP contribution in [0.25, 0.3) is 22.2 Å². The molecular formula is C30H32N6O2. The first-order valence-corrected chi connectivity index (χ1v) is 12.5. The third-order valence-corrected chi connectivity index (χ3v) is 6.35. The van der Waals surface area contributed by atoms with E-state index in [0.717, 1.165) is 57.6 Å². The van der Waals surface area contributed by atoms with Gasteiger partial charge in [-0.15, -0.1) is 0 Å². The number of nitrogens with zero attached hydrogens (tertiary/aromatic N) is 5. The first kappa shape index (κ1) is 26.4. The fourth-order valence-electron chi connectivity index (χ4n) is 4.48. The Morgan fingerprint density at radius 2 is 1.89 bits per heavy atom. The van der Waals surface area contributed by atoms with Gasteiger partial charge in [-0.05, 0) is 53.8 Å². The predicted molar refractivity (Wildman–Crippen MR) is 150 cm³/mol. The van der Waals surface area contributed by atoms with Crippen LogP contribution in [0.4, 0.5) is 5.69 Å². The van der Waals surface area contributed by atoms with Gasteiger partial charge in [-0.2, -0.15) is 5.26 Å². The summed E-state index contributed by atoms with van der Waals surface area (Å²) in [5, 5.41) is 11.7. The Hall–Kier alpha value is -4.64. The number of carbonyl (C=O) groups is 1. The minimum atomic E-state index is -0.352. The number of nitrogens with one attached hydrogen (secondary N) is 1. The second kappa shape index (κ2) is 11.6. The Morgan fingerprint density at radius 3 is 2.55 bits per heavy atom. The molecule has 8 nitrogen and oxygen atoms in total. The first-order chi connectivity index (χ1) is 18.4. The van der Waals surface area contributed by atoms with Gasteiger partial charge in [-0.3, -0.25) is 5.32 Å². The van der Waals surface area contributed by atoms with Gasteiger partial charge in [0.05, 0.1) is 29.4 Å². The summed E-state index contributed by atoms with van der Waals surface area (Å²) in [5.74, 6) is 1.14. The Kier molecular flexibility index (Phi) is 8.07. The summed E-state index contributed by atoms with van der Waals surface area (Å²) in [7, 11) is 5.07. The third-order valence-electron chi connectivity index (χ3n) is 6.35. The number of imidazole rings is 1. The van der Waals surface area contributed by atoms with Gasteiger partial charge in [0.2, 0.25) is 5.96 Å². The number of methoxy groups -OCH3 is 1. The molecule has 3 aromatic carbocycles. The molecule has 194 valence electrons. The minimum absolute atomic E-state index is 0.352. The standard InChI is InChI=1S/C30H32N6O2/c1-6-9-27-34-28-20(2)16-23(33-30(32-19-31)35(3)4)17-26(28)36(27)18-21-12-14-22(15-13-21)24-10-7-8-11-25(24)29(37)38-5/h7-8,10-17H,6,9,18H2,1-5H3,(H,32,33). The molecule has 4 aromatic rings. The van der Waals surface area contributed by atoms with Gasteiger partial charge in [0.1, 0.15) is 5.82 Å². The highest BCUT2D eigenvalue weighted by Gasteiger charge is 2.16. The molecule has 0 unspecified atom stereocenters. The minimum Gasteiger partial charge on any atom is -0.465 e. The number of aromatic nitrogens is 2. The molecule has 4 rings (SSSR count). The van der Waals surface area contributed by atoms with Crippen LogP contribution < -0.4 is 5.32 Å². The molecule has 0 spiro atoms. The number of esters is 1. The van der Waals surface area contributed by atoms with Crippen LogP contribution in [0.2, 0.25) is 0 Å². The molecule has 0 aliphatic carbocycles. The van der Waals surface area contributed by atoms with E-state index < -0.39 is 0 Å². The van der Waals surface area contributed by atoms with Crippen LogP contribution >= 0.6 is 0 Å². The number of fused-ring (bicyclic) bond motifs is 1. The maximum atomic E-state index is 12.2. The highest BCUT2D eigenvalue weighted by Crippen LogP contribution is 2.29. The number of hydrogen-bond acceptors (Lipinski definition) is 5. The smallest absolute Gasteiger partial charge is 0.338 e. The number of benzene rings is 3. The Morgan fingerprint density at radius 1 is 1.16 bits per heavy atom. The van der Waals surface area contributed by atoms with Gasteiger partial charge in [0.15, 0.2) is 6.19 Å². The summed E-state index contributed by atoms with van der Waals surface area (Å²) in [6.07, 6.45) is 3.79. The molecule has 0 aliphatic rings. The highest BCUT2D eigenvalue weighted by atomic mass is 16.5. The van der Waals surface area contributed by atoms with E-state index in [9.17, 15) is 4.79 Å². The van der Waals surface area contributed by atoms with Crippen molar-refractivity contribution in [3.8, 4) is 17.3 Å². The number of nitriles is 1. The first-order valence-electron chi connectivity index (χ1n) is 12.5. The quantitative estimate of drug-likeness (QED) is 0.118. The normalized spacial score (nSPS) is 11.3. The van der Waals surface area contributed by atoms with E-state index in [0.29, 0.717) is 18.1 Å². The topological polar surface area (TPSA) is 95.5 Å². The second-order valence-electron chi connectivity index (χ2n) is 9.30. The number of aryl methyl sites for hydroxylation is 2. The second-order valence-corrected chi connectivity index (χ2v) is 9.30. The fraction of sp³-hybridized carbons (Fsp3) is 0.267. The van der Waals surface area contributed by atoms with Crippen molar-refractivity contribution in [1.29, 1.82) is 5.26 Å². The molecule has 0 amide bonds. The van der Waals surface area contributed by atoms with Gasteiger partial charge >= 0.3 is 5.97 Å². The van der Waals surface area contributed by atoms with Gasteiger partial charge in [-0.25, -0.2) is 14.8 Å². The molecule has 0 atom stereocenters. The lowest BCUT2D eigenvalue weighted by Gasteiger charge is -2.14. The van der Waals surface area contributed by atoms with Gasteiger partial charge in [0, 0.05) is 27.1 Å². The van der Waals surface area contributed by atoms with Crippen LogP contribution in [0.3, 0.4) is 0 Å². The average Bonchev–Trinajstić information content (AvgIpc) is 3.26. The molecule has 0 aliphatic heterocycles. The molecule has 0 bridgehead atoms. The molecule has 0 fully saturated rings. The van der Waals surface area contributed by atoms with Crippen molar-refractivity contribution in [2.75, 3.05) is 21.2 Å². The lowest BCUT2D eigenvalue weighted by Crippen LogP contribution is -2.32. The van der Waals surface area contributed by atoms with Crippen LogP contribution in [0.1, 0.15) is 40.7 Å². The molecule has 0 radical (unpaired) electrons. The highest BCUT2D eigenvalue weighted by molar-refractivity contribution is 5.97. The monoisotopic (exact) mass is 508 g/mol. The molecule has 1 N–H and O–H groups in total. The van der Waals surface area contributed by atoms with Crippen LogP contribution in [-0.2, 0) is 17.7 Å². The lowest BCUT2D eigenvalue weighted by molar-refractivity contribution is 0.0601. The number of ether oxygens (including phenoxy) is 1. The molecule has 8 heteroatoms. The zero-order chi connectivity index (χ0) is 27.2. The molecule has 0 saturated heterocycles. The molecular weight excluding hydrogens is 476 g/mol. The number of aliphatic imine (C=N–C) groups is 1. The van der Waals surface area contributed by atoms with Crippen molar-refractivity contribution in [3.63, 3.8) is 0 Å². The van der Waals surface area contributed by atoms with E-state index in [1.54, 1.807) is 11.0 Å². The van der Waals surface area contributed by atoms with Crippen LogP contribution in [-0.4, -0.2) is 47.6 Å². The zero-order valence-electron chi connectivity index (χ0n) is 22.4. The van der Waals surface area contributed by atoms with E-state index in [1.165, 1.54) is 7.11 Å². The van der Waals surface area contributed by atoms with Gasteiger partial charge < -0.3 is 14.2 Å². The molecule has 1 heterocycles. The largest absolute Gasteiger partial charge is 0.465 e. The summed E-state index contributed by atoms with van der Waals surface area (Å²) < 4.78 is 7.20. The lowest BCUT2D eigenvalue weighted by atomic mass is 9.98. The molecule has 0 saturated carbocycles. The number of guanidine groups is 1. The van der Waals surface area contributed by atoms with Crippen molar-refractivity contribution < 1.29 is 9.53 Å². The Balaban J connectivity index is 1.74. The van der Waals surface area contributed by atoms with Crippen molar-refractivity contribution in [2.45, 2.75) is 33.2 Å². The summed E-state index contributed by atoms with van der Waals surface area (Å²) >= 11 is 0. The fourth-order valence-corrected chi connectivity index (χ4v) is 4.48. The van der Waals surface area contributed by atoms with Crippen LogP contribution in [0, 0.1) is 18.4 Å². The van der Waals surface area contributed by atoms with E-state index in [2.05, 4.69) is 33.9 Å². The van der Waals surface area contributed by atoms with E-state index in [-0.39, 0.29) is 5.97 Å². The van der Waals surface area contributed by atoms with Crippen molar-refractivity contribution in [1.82, 2.24) is 19.8 Å². The summed E-state index contributed by atoms with van der Waals surface area (Å²) in [6.45, 7) is 4.83. The van der Waals surface area contributed by atoms with Gasteiger partial charge in [-0.1, -0.05) is 49.4 Å². The summed E-state index contributed by atoms with van der Waals surface area (Å²) in [5.41, 5.74) is 7.19. The van der Waals surface area contributed by atoms with Crippen molar-refractivity contribution in [3.05, 3.63) is 83.2 Å². The Bertz CT molecular complexity index is 1530.